The molecule has 0 amide bonds. The second kappa shape index (κ2) is 6.88. The maximum Gasteiger partial charge on any atom is 0.187 e. The Morgan fingerprint density at radius 2 is 1.95 bits per heavy atom. The van der Waals surface area contributed by atoms with Gasteiger partial charge in [-0.25, -0.2) is 0 Å². The number of thiocarbonyl (C=S) groups is 1. The average Bonchev–Trinajstić information content (AvgIpc) is 2.35. The molecule has 0 aliphatic heterocycles. The molecule has 2 aliphatic carbocycles. The van der Waals surface area contributed by atoms with Crippen LogP contribution in [-0.4, -0.2) is 16.9 Å². The lowest BCUT2D eigenvalue weighted by Gasteiger charge is -2.34. The van der Waals surface area contributed by atoms with Gasteiger partial charge in [-0.3, -0.25) is 5.43 Å². The molecule has 0 heterocycles. The SMILES string of the molecule is C[C@H]1C/C(=N/NC(=S)NC2CCCCC2)CC(C)(C)C1. The van der Waals surface area contributed by atoms with Crippen LogP contribution in [0.2, 0.25) is 0 Å². The quantitative estimate of drug-likeness (QED) is 0.597. The van der Waals surface area contributed by atoms with Gasteiger partial charge < -0.3 is 5.32 Å². The van der Waals surface area contributed by atoms with Crippen molar-refractivity contribution in [1.29, 1.82) is 0 Å². The number of nitrogens with one attached hydrogen (secondary N) is 2. The van der Waals surface area contributed by atoms with Crippen LogP contribution in [0.25, 0.3) is 0 Å². The van der Waals surface area contributed by atoms with Crippen molar-refractivity contribution < 1.29 is 0 Å². The van der Waals surface area contributed by atoms with E-state index < -0.39 is 0 Å². The van der Waals surface area contributed by atoms with Crippen molar-refractivity contribution in [2.75, 3.05) is 0 Å². The molecule has 2 fully saturated rings. The first kappa shape index (κ1) is 15.7. The molecule has 4 heteroatoms. The molecular weight excluding hydrogens is 266 g/mol. The van der Waals surface area contributed by atoms with Gasteiger partial charge in [0, 0.05) is 11.8 Å². The molecule has 114 valence electrons. The van der Waals surface area contributed by atoms with E-state index in [1.807, 2.05) is 0 Å². The summed E-state index contributed by atoms with van der Waals surface area (Å²) in [5.41, 5.74) is 4.70. The summed E-state index contributed by atoms with van der Waals surface area (Å²) in [6.07, 6.45) is 9.95. The van der Waals surface area contributed by atoms with Crippen LogP contribution in [0, 0.1) is 11.3 Å². The minimum absolute atomic E-state index is 0.372. The van der Waals surface area contributed by atoms with E-state index in [4.69, 9.17) is 12.2 Å². The van der Waals surface area contributed by atoms with Gasteiger partial charge in [-0.05, 0) is 55.7 Å². The highest BCUT2D eigenvalue weighted by molar-refractivity contribution is 7.80. The first-order valence-corrected chi connectivity index (χ1v) is 8.47. The second-order valence-corrected chi connectivity index (χ2v) is 7.86. The predicted molar refractivity (Wildman–Crippen MR) is 90.0 cm³/mol. The van der Waals surface area contributed by atoms with Gasteiger partial charge in [0.15, 0.2) is 5.11 Å². The van der Waals surface area contributed by atoms with E-state index in [-0.39, 0.29) is 0 Å². The monoisotopic (exact) mass is 295 g/mol. The minimum atomic E-state index is 0.372. The van der Waals surface area contributed by atoms with Crippen LogP contribution in [-0.2, 0) is 0 Å². The Kier molecular flexibility index (Phi) is 5.42. The van der Waals surface area contributed by atoms with Gasteiger partial charge in [-0.1, -0.05) is 40.0 Å². The first-order valence-electron chi connectivity index (χ1n) is 8.06. The van der Waals surface area contributed by atoms with E-state index in [2.05, 4.69) is 36.6 Å². The highest BCUT2D eigenvalue weighted by atomic mass is 32.1. The Labute approximate surface area is 129 Å². The third-order valence-electron chi connectivity index (χ3n) is 4.42. The summed E-state index contributed by atoms with van der Waals surface area (Å²) in [4.78, 5) is 0. The molecule has 0 aromatic rings. The maximum atomic E-state index is 5.36. The van der Waals surface area contributed by atoms with Crippen molar-refractivity contribution in [1.82, 2.24) is 10.7 Å². The lowest BCUT2D eigenvalue weighted by atomic mass is 9.72. The summed E-state index contributed by atoms with van der Waals surface area (Å²) in [5, 5.41) is 8.66. The topological polar surface area (TPSA) is 36.4 Å². The van der Waals surface area contributed by atoms with E-state index in [9.17, 15) is 0 Å². The van der Waals surface area contributed by atoms with E-state index in [1.54, 1.807) is 0 Å². The molecule has 2 N–H and O–H groups in total. The molecule has 3 nitrogen and oxygen atoms in total. The molecule has 2 aliphatic rings. The summed E-state index contributed by atoms with van der Waals surface area (Å²) in [5.74, 6) is 0.721. The normalized spacial score (nSPS) is 29.1. The number of hydrogen-bond acceptors (Lipinski definition) is 2. The summed E-state index contributed by atoms with van der Waals surface area (Å²) < 4.78 is 0. The molecule has 0 saturated heterocycles. The Bertz CT molecular complexity index is 370. The molecule has 20 heavy (non-hydrogen) atoms. The predicted octanol–water partition coefficient (Wildman–Crippen LogP) is 3.99. The van der Waals surface area contributed by atoms with Crippen molar-refractivity contribution in [2.24, 2.45) is 16.4 Å². The van der Waals surface area contributed by atoms with Gasteiger partial charge >= 0.3 is 0 Å². The summed E-state index contributed by atoms with van der Waals surface area (Å²) in [6, 6.07) is 0.547. The number of nitrogens with zero attached hydrogens (tertiary/aromatic N) is 1. The standard InChI is InChI=1S/C16H29N3S/c1-12-9-14(11-16(2,3)10-12)18-19-15(20)17-13-7-5-4-6-8-13/h12-13H,4-11H2,1-3H3,(H2,17,19,20)/b18-14-/t12-/m0/s1. The van der Waals surface area contributed by atoms with E-state index in [0.717, 1.165) is 18.8 Å². The van der Waals surface area contributed by atoms with Gasteiger partial charge in [-0.15, -0.1) is 0 Å². The van der Waals surface area contributed by atoms with Crippen molar-refractivity contribution in [3.8, 4) is 0 Å². The molecular formula is C16H29N3S. The van der Waals surface area contributed by atoms with Gasteiger partial charge in [0.25, 0.3) is 0 Å². The van der Waals surface area contributed by atoms with E-state index >= 15 is 0 Å². The van der Waals surface area contributed by atoms with Crippen LogP contribution in [0.4, 0.5) is 0 Å². The van der Waals surface area contributed by atoms with Gasteiger partial charge in [0.2, 0.25) is 0 Å². The fourth-order valence-corrected chi connectivity index (χ4v) is 4.01. The number of rotatable bonds is 2. The van der Waals surface area contributed by atoms with Crippen LogP contribution in [0.1, 0.15) is 72.1 Å². The average molecular weight is 295 g/mol. The molecule has 0 bridgehead atoms. The highest BCUT2D eigenvalue weighted by Crippen LogP contribution is 2.36. The van der Waals surface area contributed by atoms with Gasteiger partial charge in [-0.2, -0.15) is 5.10 Å². The van der Waals surface area contributed by atoms with E-state index in [1.165, 1.54) is 44.2 Å². The fraction of sp³-hybridized carbons (Fsp3) is 0.875. The summed E-state index contributed by atoms with van der Waals surface area (Å²) in [6.45, 7) is 6.97. The molecule has 0 unspecified atom stereocenters. The van der Waals surface area contributed by atoms with Crippen LogP contribution in [0.3, 0.4) is 0 Å². The van der Waals surface area contributed by atoms with Crippen molar-refractivity contribution >= 4 is 23.0 Å². The zero-order valence-electron chi connectivity index (χ0n) is 13.2. The maximum absolute atomic E-state index is 5.36. The molecule has 2 saturated carbocycles. The fourth-order valence-electron chi connectivity index (χ4n) is 3.79. The van der Waals surface area contributed by atoms with Crippen molar-refractivity contribution in [2.45, 2.75) is 78.2 Å². The molecule has 0 aromatic heterocycles. The molecule has 1 atom stereocenters. The highest BCUT2D eigenvalue weighted by Gasteiger charge is 2.29. The molecule has 0 spiro atoms. The zero-order chi connectivity index (χ0) is 14.6. The number of hydrazone groups is 1. The lowest BCUT2D eigenvalue weighted by molar-refractivity contribution is 0.265. The van der Waals surface area contributed by atoms with Crippen LogP contribution in [0.15, 0.2) is 5.10 Å². The van der Waals surface area contributed by atoms with Crippen LogP contribution < -0.4 is 10.7 Å². The van der Waals surface area contributed by atoms with Gasteiger partial charge in [0.1, 0.15) is 0 Å². The Morgan fingerprint density at radius 1 is 1.25 bits per heavy atom. The zero-order valence-corrected chi connectivity index (χ0v) is 14.0. The van der Waals surface area contributed by atoms with Crippen LogP contribution in [0.5, 0.6) is 0 Å². The van der Waals surface area contributed by atoms with Crippen molar-refractivity contribution in [3.05, 3.63) is 0 Å². The summed E-state index contributed by atoms with van der Waals surface area (Å²) >= 11 is 5.36. The molecule has 0 radical (unpaired) electrons. The second-order valence-electron chi connectivity index (χ2n) is 7.45. The van der Waals surface area contributed by atoms with E-state index in [0.29, 0.717) is 16.6 Å². The summed E-state index contributed by atoms with van der Waals surface area (Å²) in [7, 11) is 0. The smallest absolute Gasteiger partial charge is 0.187 e. The molecule has 2 rings (SSSR count). The third kappa shape index (κ3) is 5.04. The Hall–Kier alpha value is -0.640. The number of hydrogen-bond donors (Lipinski definition) is 2. The molecule has 0 aromatic carbocycles. The minimum Gasteiger partial charge on any atom is -0.359 e. The van der Waals surface area contributed by atoms with Gasteiger partial charge in [0.05, 0.1) is 0 Å². The third-order valence-corrected chi connectivity index (χ3v) is 4.63. The van der Waals surface area contributed by atoms with Crippen LogP contribution >= 0.6 is 12.2 Å². The largest absolute Gasteiger partial charge is 0.359 e. The lowest BCUT2D eigenvalue weighted by Crippen LogP contribution is -2.41. The Morgan fingerprint density at radius 3 is 2.60 bits per heavy atom. The Balaban J connectivity index is 1.80. The first-order chi connectivity index (χ1) is 9.44. The van der Waals surface area contributed by atoms with Crippen molar-refractivity contribution in [3.63, 3.8) is 0 Å².